The molecule has 3 nitrogen and oxygen atoms in total. The molecule has 8 heteroatoms. The highest BCUT2D eigenvalue weighted by Gasteiger charge is 2.27. The van der Waals surface area contributed by atoms with Crippen LogP contribution < -0.4 is 5.32 Å². The van der Waals surface area contributed by atoms with Crippen LogP contribution in [0.15, 0.2) is 42.5 Å². The second kappa shape index (κ2) is 8.27. The molecule has 1 N–H and O–H groups in total. The average Bonchev–Trinajstić information content (AvgIpc) is 2.54. The average molecular weight is 373 g/mol. The van der Waals surface area contributed by atoms with Crippen molar-refractivity contribution in [3.05, 3.63) is 70.8 Å². The zero-order valence-electron chi connectivity index (χ0n) is 13.7. The fourth-order valence-corrected chi connectivity index (χ4v) is 2.25. The Morgan fingerprint density at radius 1 is 1.12 bits per heavy atom. The van der Waals surface area contributed by atoms with Gasteiger partial charge in [0.15, 0.2) is 0 Å². The first-order chi connectivity index (χ1) is 12.2. The van der Waals surface area contributed by atoms with Crippen molar-refractivity contribution < 1.29 is 31.5 Å². The van der Waals surface area contributed by atoms with Crippen molar-refractivity contribution in [1.82, 2.24) is 5.32 Å². The second-order valence-corrected chi connectivity index (χ2v) is 5.67. The Bertz CT molecular complexity index is 759. The highest BCUT2D eigenvalue weighted by Crippen LogP contribution is 2.19. The lowest BCUT2D eigenvalue weighted by Gasteiger charge is -2.15. The Hall–Kier alpha value is -2.48. The van der Waals surface area contributed by atoms with E-state index in [1.807, 2.05) is 0 Å². The van der Waals surface area contributed by atoms with Crippen LogP contribution in [0.25, 0.3) is 0 Å². The number of carbonyl (C=O) groups is 1. The summed E-state index contributed by atoms with van der Waals surface area (Å²) in [5.41, 5.74) is 0.860. The quantitative estimate of drug-likeness (QED) is 0.756. The van der Waals surface area contributed by atoms with E-state index in [1.165, 1.54) is 30.3 Å². The van der Waals surface area contributed by atoms with E-state index >= 15 is 0 Å². The molecular weight excluding hydrogens is 357 g/mol. The van der Waals surface area contributed by atoms with Crippen molar-refractivity contribution in [3.63, 3.8) is 0 Å². The summed E-state index contributed by atoms with van der Waals surface area (Å²) in [5.74, 6) is -1.98. The van der Waals surface area contributed by atoms with E-state index in [-0.39, 0.29) is 17.7 Å². The van der Waals surface area contributed by atoms with E-state index in [2.05, 4.69) is 10.1 Å². The van der Waals surface area contributed by atoms with Crippen LogP contribution in [0.2, 0.25) is 0 Å². The summed E-state index contributed by atoms with van der Waals surface area (Å²) in [6, 6.07) is 8.16. The molecule has 0 radical (unpaired) electrons. The van der Waals surface area contributed by atoms with E-state index < -0.39 is 36.4 Å². The van der Waals surface area contributed by atoms with Gasteiger partial charge in [-0.2, -0.15) is 13.2 Å². The molecule has 0 saturated heterocycles. The van der Waals surface area contributed by atoms with Gasteiger partial charge in [-0.3, -0.25) is 4.79 Å². The van der Waals surface area contributed by atoms with Gasteiger partial charge in [0.05, 0.1) is 12.6 Å². The van der Waals surface area contributed by atoms with Crippen molar-refractivity contribution in [2.45, 2.75) is 25.7 Å². The molecule has 2 rings (SSSR count). The van der Waals surface area contributed by atoms with Gasteiger partial charge in [-0.1, -0.05) is 18.2 Å². The fourth-order valence-electron chi connectivity index (χ4n) is 2.25. The first-order valence-electron chi connectivity index (χ1n) is 7.65. The van der Waals surface area contributed by atoms with Crippen LogP contribution in [0.1, 0.15) is 34.5 Å². The fraction of sp³-hybridized carbons (Fsp3) is 0.278. The lowest BCUT2D eigenvalue weighted by Crippen LogP contribution is -2.27. The molecule has 1 atom stereocenters. The van der Waals surface area contributed by atoms with Crippen molar-refractivity contribution in [2.75, 3.05) is 6.61 Å². The van der Waals surface area contributed by atoms with Crippen LogP contribution in [0.4, 0.5) is 22.0 Å². The van der Waals surface area contributed by atoms with Gasteiger partial charge in [-0.15, -0.1) is 0 Å². The molecule has 0 saturated carbocycles. The molecule has 140 valence electrons. The number of rotatable bonds is 6. The Labute approximate surface area is 146 Å². The molecule has 0 bridgehead atoms. The lowest BCUT2D eigenvalue weighted by atomic mass is 10.1. The number of hydrogen-bond acceptors (Lipinski definition) is 2. The standard InChI is InChI=1S/C18H16F5NO2/c1-11(15-7-6-14(19)8-16(15)20)24-17(25)13-4-2-12(3-5-13)9-26-10-18(21,22)23/h2-8,11H,9-10H2,1H3,(H,24,25)/t11-/m1/s1. The van der Waals surface area contributed by atoms with Crippen LogP contribution >= 0.6 is 0 Å². The summed E-state index contributed by atoms with van der Waals surface area (Å²) < 4.78 is 67.2. The molecule has 2 aromatic carbocycles. The first-order valence-corrected chi connectivity index (χ1v) is 7.65. The Morgan fingerprint density at radius 3 is 2.35 bits per heavy atom. The number of benzene rings is 2. The Kier molecular flexibility index (Phi) is 6.31. The molecule has 0 aliphatic heterocycles. The lowest BCUT2D eigenvalue weighted by molar-refractivity contribution is -0.176. The predicted octanol–water partition coefficient (Wildman–Crippen LogP) is 4.53. The van der Waals surface area contributed by atoms with E-state index in [0.29, 0.717) is 5.56 Å². The van der Waals surface area contributed by atoms with Crippen molar-refractivity contribution in [2.24, 2.45) is 0 Å². The summed E-state index contributed by atoms with van der Waals surface area (Å²) in [5, 5.41) is 2.57. The summed E-state index contributed by atoms with van der Waals surface area (Å²) in [7, 11) is 0. The van der Waals surface area contributed by atoms with Crippen LogP contribution in [0, 0.1) is 11.6 Å². The third-order valence-corrected chi connectivity index (χ3v) is 3.53. The van der Waals surface area contributed by atoms with Gasteiger partial charge in [-0.05, 0) is 30.7 Å². The third kappa shape index (κ3) is 5.80. The number of carbonyl (C=O) groups excluding carboxylic acids is 1. The van der Waals surface area contributed by atoms with Crippen LogP contribution in [0.5, 0.6) is 0 Å². The van der Waals surface area contributed by atoms with E-state index in [9.17, 15) is 26.7 Å². The molecule has 1 amide bonds. The van der Waals surface area contributed by atoms with E-state index in [4.69, 9.17) is 0 Å². The molecule has 0 fully saturated rings. The van der Waals surface area contributed by atoms with Crippen LogP contribution in [-0.2, 0) is 11.3 Å². The molecule has 26 heavy (non-hydrogen) atoms. The van der Waals surface area contributed by atoms with Gasteiger partial charge in [0.25, 0.3) is 5.91 Å². The van der Waals surface area contributed by atoms with E-state index in [0.717, 1.165) is 12.1 Å². The largest absolute Gasteiger partial charge is 0.411 e. The molecule has 0 heterocycles. The minimum Gasteiger partial charge on any atom is -0.367 e. The minimum absolute atomic E-state index is 0.136. The number of alkyl halides is 3. The number of ether oxygens (including phenoxy) is 1. The third-order valence-electron chi connectivity index (χ3n) is 3.53. The van der Waals surface area contributed by atoms with Gasteiger partial charge < -0.3 is 10.1 Å². The molecule has 2 aromatic rings. The number of halogens is 5. The van der Waals surface area contributed by atoms with Crippen molar-refractivity contribution in [1.29, 1.82) is 0 Å². The highest BCUT2D eigenvalue weighted by atomic mass is 19.4. The first kappa shape index (κ1) is 19.8. The second-order valence-electron chi connectivity index (χ2n) is 5.67. The predicted molar refractivity (Wildman–Crippen MR) is 84.4 cm³/mol. The molecule has 0 aliphatic carbocycles. The molecular formula is C18H16F5NO2. The topological polar surface area (TPSA) is 38.3 Å². The van der Waals surface area contributed by atoms with Gasteiger partial charge in [0, 0.05) is 17.2 Å². The summed E-state index contributed by atoms with van der Waals surface area (Å²) in [4.78, 5) is 12.2. The SMILES string of the molecule is C[C@@H](NC(=O)c1ccc(COCC(F)(F)F)cc1)c1ccc(F)cc1F. The molecule has 0 aliphatic rings. The summed E-state index contributed by atoms with van der Waals surface area (Å²) in [6.45, 7) is -0.0395. The normalized spacial score (nSPS) is 12.7. The maximum atomic E-state index is 13.7. The van der Waals surface area contributed by atoms with Gasteiger partial charge >= 0.3 is 6.18 Å². The Balaban J connectivity index is 1.95. The Morgan fingerprint density at radius 2 is 1.77 bits per heavy atom. The summed E-state index contributed by atoms with van der Waals surface area (Å²) in [6.07, 6.45) is -4.40. The van der Waals surface area contributed by atoms with Gasteiger partial charge in [-0.25, -0.2) is 8.78 Å². The van der Waals surface area contributed by atoms with Crippen molar-refractivity contribution >= 4 is 5.91 Å². The van der Waals surface area contributed by atoms with Gasteiger partial charge in [0.2, 0.25) is 0 Å². The van der Waals surface area contributed by atoms with Crippen LogP contribution in [0.3, 0.4) is 0 Å². The summed E-state index contributed by atoms with van der Waals surface area (Å²) >= 11 is 0. The zero-order valence-corrected chi connectivity index (χ0v) is 13.7. The number of hydrogen-bond donors (Lipinski definition) is 1. The maximum absolute atomic E-state index is 13.7. The maximum Gasteiger partial charge on any atom is 0.411 e. The van der Waals surface area contributed by atoms with Gasteiger partial charge in [0.1, 0.15) is 18.2 Å². The molecule has 0 aromatic heterocycles. The van der Waals surface area contributed by atoms with E-state index in [1.54, 1.807) is 6.92 Å². The van der Waals surface area contributed by atoms with Crippen molar-refractivity contribution in [3.8, 4) is 0 Å². The zero-order chi connectivity index (χ0) is 19.3. The number of amides is 1. The number of nitrogens with one attached hydrogen (secondary N) is 1. The molecule has 0 unspecified atom stereocenters. The van der Waals surface area contributed by atoms with Crippen LogP contribution in [-0.4, -0.2) is 18.7 Å². The smallest absolute Gasteiger partial charge is 0.367 e. The molecule has 0 spiro atoms. The highest BCUT2D eigenvalue weighted by molar-refractivity contribution is 5.94. The monoisotopic (exact) mass is 373 g/mol. The minimum atomic E-state index is -4.40.